The molecule has 0 aromatic carbocycles. The lowest BCUT2D eigenvalue weighted by Crippen LogP contribution is -2.30. The number of aromatic nitrogens is 2. The highest BCUT2D eigenvalue weighted by atomic mass is 79.9. The zero-order valence-electron chi connectivity index (χ0n) is 10.3. The fraction of sp³-hybridized carbons (Fsp3) is 0.750. The molecular formula is C12H19BrN2O2. The Morgan fingerprint density at radius 1 is 1.47 bits per heavy atom. The molecule has 2 rings (SSSR count). The molecule has 5 heteroatoms. The Hall–Kier alpha value is -0.390. The number of hydrogen-bond donors (Lipinski definition) is 1. The summed E-state index contributed by atoms with van der Waals surface area (Å²) in [7, 11) is 0. The summed E-state index contributed by atoms with van der Waals surface area (Å²) in [5.74, 6) is 0. The van der Waals surface area contributed by atoms with E-state index < -0.39 is 5.60 Å². The van der Waals surface area contributed by atoms with Gasteiger partial charge < -0.3 is 9.84 Å². The monoisotopic (exact) mass is 302 g/mol. The van der Waals surface area contributed by atoms with Gasteiger partial charge in [-0.2, -0.15) is 5.10 Å². The highest BCUT2D eigenvalue weighted by Gasteiger charge is 2.36. The van der Waals surface area contributed by atoms with Crippen LogP contribution in [0.1, 0.15) is 44.8 Å². The molecule has 0 saturated carbocycles. The first kappa shape index (κ1) is 13.1. The van der Waals surface area contributed by atoms with Gasteiger partial charge in [0.15, 0.2) is 0 Å². The largest absolute Gasteiger partial charge is 0.383 e. The van der Waals surface area contributed by atoms with Gasteiger partial charge in [0.25, 0.3) is 0 Å². The van der Waals surface area contributed by atoms with Gasteiger partial charge in [0.1, 0.15) is 5.60 Å². The topological polar surface area (TPSA) is 47.3 Å². The second-order valence-corrected chi connectivity index (χ2v) is 5.73. The van der Waals surface area contributed by atoms with Crippen LogP contribution in [0.5, 0.6) is 0 Å². The molecule has 1 saturated heterocycles. The highest BCUT2D eigenvalue weighted by molar-refractivity contribution is 9.10. The summed E-state index contributed by atoms with van der Waals surface area (Å²) >= 11 is 3.50. The predicted octanol–water partition coefficient (Wildman–Crippen LogP) is 2.61. The Labute approximate surface area is 110 Å². The first-order valence-corrected chi connectivity index (χ1v) is 6.87. The number of ether oxygens (including phenoxy) is 1. The van der Waals surface area contributed by atoms with Gasteiger partial charge in [-0.3, -0.25) is 4.68 Å². The third-order valence-electron chi connectivity index (χ3n) is 3.22. The number of halogens is 1. The van der Waals surface area contributed by atoms with E-state index in [4.69, 9.17) is 4.74 Å². The fourth-order valence-corrected chi connectivity index (χ4v) is 2.98. The SMILES string of the molecule is CC(C)n1ncc(Br)c1C1(O)CCCOCC1. The van der Waals surface area contributed by atoms with E-state index in [0.29, 0.717) is 13.0 Å². The maximum Gasteiger partial charge on any atom is 0.110 e. The summed E-state index contributed by atoms with van der Waals surface area (Å²) in [6, 6.07) is 0.240. The van der Waals surface area contributed by atoms with E-state index in [1.807, 2.05) is 4.68 Å². The maximum absolute atomic E-state index is 10.9. The van der Waals surface area contributed by atoms with Crippen LogP contribution in [-0.4, -0.2) is 28.1 Å². The number of hydrogen-bond acceptors (Lipinski definition) is 3. The average molecular weight is 303 g/mol. The third kappa shape index (κ3) is 2.56. The zero-order chi connectivity index (χ0) is 12.5. The molecule has 4 nitrogen and oxygen atoms in total. The van der Waals surface area contributed by atoms with Gasteiger partial charge in [-0.1, -0.05) is 0 Å². The van der Waals surface area contributed by atoms with Crippen LogP contribution in [0, 0.1) is 0 Å². The maximum atomic E-state index is 10.9. The molecule has 1 aliphatic rings. The van der Waals surface area contributed by atoms with E-state index in [2.05, 4.69) is 34.9 Å². The Morgan fingerprint density at radius 3 is 2.94 bits per heavy atom. The lowest BCUT2D eigenvalue weighted by molar-refractivity contribution is 0.00458. The van der Waals surface area contributed by atoms with Crippen molar-refractivity contribution < 1.29 is 9.84 Å². The van der Waals surface area contributed by atoms with Gasteiger partial charge in [-0.25, -0.2) is 0 Å². The van der Waals surface area contributed by atoms with Crippen molar-refractivity contribution in [2.75, 3.05) is 13.2 Å². The van der Waals surface area contributed by atoms with Crippen LogP contribution in [0.3, 0.4) is 0 Å². The summed E-state index contributed by atoms with van der Waals surface area (Å²) in [6.45, 7) is 5.47. The second kappa shape index (κ2) is 5.08. The van der Waals surface area contributed by atoms with Crippen LogP contribution in [0.4, 0.5) is 0 Å². The molecule has 1 fully saturated rings. The minimum absolute atomic E-state index is 0.240. The van der Waals surface area contributed by atoms with Crippen molar-refractivity contribution in [1.29, 1.82) is 0 Å². The van der Waals surface area contributed by atoms with Crippen LogP contribution < -0.4 is 0 Å². The normalized spacial score (nSPS) is 26.2. The minimum Gasteiger partial charge on any atom is -0.383 e. The molecule has 1 aliphatic heterocycles. The lowest BCUT2D eigenvalue weighted by atomic mass is 9.91. The van der Waals surface area contributed by atoms with Gasteiger partial charge in [0.05, 0.1) is 16.4 Å². The quantitative estimate of drug-likeness (QED) is 0.913. The molecule has 0 amide bonds. The van der Waals surface area contributed by atoms with Crippen LogP contribution in [0.15, 0.2) is 10.7 Å². The van der Waals surface area contributed by atoms with Gasteiger partial charge >= 0.3 is 0 Å². The van der Waals surface area contributed by atoms with Crippen LogP contribution in [0.2, 0.25) is 0 Å². The predicted molar refractivity (Wildman–Crippen MR) is 68.9 cm³/mol. The summed E-state index contributed by atoms with van der Waals surface area (Å²) < 4.78 is 8.21. The van der Waals surface area contributed by atoms with Crippen molar-refractivity contribution in [1.82, 2.24) is 9.78 Å². The van der Waals surface area contributed by atoms with Crippen molar-refractivity contribution >= 4 is 15.9 Å². The first-order chi connectivity index (χ1) is 8.04. The van der Waals surface area contributed by atoms with Crippen LogP contribution in [-0.2, 0) is 10.3 Å². The molecule has 0 radical (unpaired) electrons. The van der Waals surface area contributed by atoms with Crippen LogP contribution in [0.25, 0.3) is 0 Å². The Morgan fingerprint density at radius 2 is 2.24 bits per heavy atom. The number of nitrogens with zero attached hydrogens (tertiary/aromatic N) is 2. The molecular weight excluding hydrogens is 284 g/mol. The number of aliphatic hydroxyl groups is 1. The summed E-state index contributed by atoms with van der Waals surface area (Å²) in [6.07, 6.45) is 4.00. The molecule has 0 spiro atoms. The molecule has 0 bridgehead atoms. The summed E-state index contributed by atoms with van der Waals surface area (Å²) in [5.41, 5.74) is 0.0637. The van der Waals surface area contributed by atoms with Crippen molar-refractivity contribution in [2.45, 2.75) is 44.8 Å². The van der Waals surface area contributed by atoms with Crippen molar-refractivity contribution in [3.63, 3.8) is 0 Å². The lowest BCUT2D eigenvalue weighted by Gasteiger charge is -2.28. The van der Waals surface area contributed by atoms with Crippen LogP contribution >= 0.6 is 15.9 Å². The van der Waals surface area contributed by atoms with Crippen molar-refractivity contribution in [3.05, 3.63) is 16.4 Å². The standard InChI is InChI=1S/C12H19BrN2O2/c1-9(2)15-11(10(13)8-14-15)12(16)4-3-6-17-7-5-12/h8-9,16H,3-7H2,1-2H3. The zero-order valence-corrected chi connectivity index (χ0v) is 11.9. The van der Waals surface area contributed by atoms with E-state index >= 15 is 0 Å². The van der Waals surface area contributed by atoms with E-state index in [1.54, 1.807) is 6.20 Å². The number of rotatable bonds is 2. The second-order valence-electron chi connectivity index (χ2n) is 4.88. The van der Waals surface area contributed by atoms with Gasteiger partial charge in [-0.05, 0) is 42.6 Å². The van der Waals surface area contributed by atoms with Gasteiger partial charge in [0, 0.05) is 25.7 Å². The Balaban J connectivity index is 2.39. The average Bonchev–Trinajstić information content (AvgIpc) is 2.53. The molecule has 1 unspecified atom stereocenters. The minimum atomic E-state index is -0.823. The first-order valence-electron chi connectivity index (χ1n) is 6.08. The van der Waals surface area contributed by atoms with Crippen molar-refractivity contribution in [2.24, 2.45) is 0 Å². The summed E-state index contributed by atoms with van der Waals surface area (Å²) in [5, 5.41) is 15.2. The molecule has 2 heterocycles. The van der Waals surface area contributed by atoms with E-state index in [1.165, 1.54) is 0 Å². The van der Waals surface area contributed by atoms with Gasteiger partial charge in [-0.15, -0.1) is 0 Å². The Kier molecular flexibility index (Phi) is 3.90. The van der Waals surface area contributed by atoms with Crippen molar-refractivity contribution in [3.8, 4) is 0 Å². The molecule has 1 aromatic rings. The van der Waals surface area contributed by atoms with Gasteiger partial charge in [0.2, 0.25) is 0 Å². The fourth-order valence-electron chi connectivity index (χ4n) is 2.34. The van der Waals surface area contributed by atoms with E-state index in [0.717, 1.165) is 29.6 Å². The Bertz CT molecular complexity index is 382. The molecule has 1 N–H and O–H groups in total. The molecule has 17 heavy (non-hydrogen) atoms. The van der Waals surface area contributed by atoms with E-state index in [-0.39, 0.29) is 6.04 Å². The molecule has 96 valence electrons. The molecule has 0 aliphatic carbocycles. The smallest absolute Gasteiger partial charge is 0.110 e. The summed E-state index contributed by atoms with van der Waals surface area (Å²) in [4.78, 5) is 0. The molecule has 1 aromatic heterocycles. The molecule has 1 atom stereocenters. The van der Waals surface area contributed by atoms with E-state index in [9.17, 15) is 5.11 Å². The third-order valence-corrected chi connectivity index (χ3v) is 3.80. The highest BCUT2D eigenvalue weighted by Crippen LogP contribution is 2.37.